The quantitative estimate of drug-likeness (QED) is 0.640. The van der Waals surface area contributed by atoms with E-state index < -0.39 is 0 Å². The van der Waals surface area contributed by atoms with Crippen molar-refractivity contribution in [2.45, 2.75) is 6.42 Å². The van der Waals surface area contributed by atoms with Gasteiger partial charge in [-0.05, 0) is 17.7 Å². The molecule has 0 aliphatic carbocycles. The van der Waals surface area contributed by atoms with Crippen LogP contribution in [0.2, 0.25) is 5.28 Å². The average Bonchev–Trinajstić information content (AvgIpc) is 2.81. The molecule has 7 heteroatoms. The second-order valence-electron chi connectivity index (χ2n) is 4.21. The lowest BCUT2D eigenvalue weighted by Gasteiger charge is -2.28. The molecule has 1 saturated heterocycles. The molecule has 0 spiro atoms. The number of hydrogen-bond acceptors (Lipinski definition) is 6. The molecular formula is C12H12ClN3O2S. The van der Waals surface area contributed by atoms with Crippen LogP contribution >= 0.6 is 22.9 Å². The first-order valence-electron chi connectivity index (χ1n) is 6.00. The predicted octanol–water partition coefficient (Wildman–Crippen LogP) is 1.92. The van der Waals surface area contributed by atoms with E-state index in [4.69, 9.17) is 16.3 Å². The zero-order chi connectivity index (χ0) is 13.2. The highest BCUT2D eigenvalue weighted by Crippen LogP contribution is 2.33. The molecule has 3 heterocycles. The Hall–Kier alpha value is -1.24. The Morgan fingerprint density at radius 1 is 1.42 bits per heavy atom. The minimum absolute atomic E-state index is 0.240. The highest BCUT2D eigenvalue weighted by Gasteiger charge is 2.18. The van der Waals surface area contributed by atoms with Gasteiger partial charge in [0.2, 0.25) is 5.28 Å². The van der Waals surface area contributed by atoms with Gasteiger partial charge in [0.1, 0.15) is 6.29 Å². The fourth-order valence-electron chi connectivity index (χ4n) is 2.11. The average molecular weight is 298 g/mol. The summed E-state index contributed by atoms with van der Waals surface area (Å²) in [5.41, 5.74) is 0.809. The summed E-state index contributed by atoms with van der Waals surface area (Å²) in [5, 5.41) is 0.240. The molecule has 100 valence electrons. The number of halogens is 1. The molecule has 19 heavy (non-hydrogen) atoms. The predicted molar refractivity (Wildman–Crippen MR) is 75.2 cm³/mol. The van der Waals surface area contributed by atoms with Gasteiger partial charge in [-0.2, -0.15) is 4.98 Å². The maximum atomic E-state index is 10.6. The second kappa shape index (κ2) is 5.40. The molecular weight excluding hydrogens is 286 g/mol. The van der Waals surface area contributed by atoms with E-state index >= 15 is 0 Å². The van der Waals surface area contributed by atoms with E-state index in [1.807, 2.05) is 6.07 Å². The van der Waals surface area contributed by atoms with Gasteiger partial charge in [0, 0.05) is 24.4 Å². The van der Waals surface area contributed by atoms with Gasteiger partial charge in [0.25, 0.3) is 0 Å². The van der Waals surface area contributed by atoms with Gasteiger partial charge in [-0.3, -0.25) is 0 Å². The lowest BCUT2D eigenvalue weighted by atomic mass is 10.3. The minimum Gasteiger partial charge on any atom is -0.378 e. The number of carbonyl (C=O) groups is 1. The number of hydrogen-bond donors (Lipinski definition) is 0. The zero-order valence-corrected chi connectivity index (χ0v) is 11.7. The number of morpholine rings is 1. The molecule has 0 unspecified atom stereocenters. The fraction of sp³-hybridized carbons (Fsp3) is 0.417. The third kappa shape index (κ3) is 2.56. The number of carbonyl (C=O) groups excluding carboxylic acids is 1. The van der Waals surface area contributed by atoms with Crippen molar-refractivity contribution in [3.63, 3.8) is 0 Å². The summed E-state index contributed by atoms with van der Waals surface area (Å²) in [6.07, 6.45) is 1.30. The Morgan fingerprint density at radius 2 is 2.21 bits per heavy atom. The van der Waals surface area contributed by atoms with Gasteiger partial charge in [-0.1, -0.05) is 0 Å². The Morgan fingerprint density at radius 3 is 2.95 bits per heavy atom. The maximum absolute atomic E-state index is 10.6. The number of anilines is 1. The Bertz CT molecular complexity index is 610. The van der Waals surface area contributed by atoms with Gasteiger partial charge in [0.05, 0.1) is 23.4 Å². The number of rotatable bonds is 3. The van der Waals surface area contributed by atoms with Crippen molar-refractivity contribution < 1.29 is 9.53 Å². The number of ether oxygens (including phenoxy) is 1. The number of aromatic nitrogens is 2. The van der Waals surface area contributed by atoms with Crippen LogP contribution in [0.5, 0.6) is 0 Å². The molecule has 0 bridgehead atoms. The van der Waals surface area contributed by atoms with E-state index in [0.29, 0.717) is 19.6 Å². The van der Waals surface area contributed by atoms with Gasteiger partial charge < -0.3 is 14.4 Å². The molecule has 5 nitrogen and oxygen atoms in total. The maximum Gasteiger partial charge on any atom is 0.224 e. The van der Waals surface area contributed by atoms with Gasteiger partial charge in [-0.15, -0.1) is 11.3 Å². The Labute approximate surface area is 119 Å². The van der Waals surface area contributed by atoms with Crippen molar-refractivity contribution in [2.75, 3.05) is 31.2 Å². The number of fused-ring (bicyclic) bond motifs is 1. The molecule has 1 fully saturated rings. The van der Waals surface area contributed by atoms with Gasteiger partial charge >= 0.3 is 0 Å². The largest absolute Gasteiger partial charge is 0.378 e. The minimum atomic E-state index is 0.240. The van der Waals surface area contributed by atoms with Crippen LogP contribution in [0.15, 0.2) is 6.07 Å². The standard InChI is InChI=1S/C12H12ClN3O2S/c13-12-14-9-7-8(1-4-17)19-10(9)11(15-12)16-2-5-18-6-3-16/h4,7H,1-3,5-6H2. The summed E-state index contributed by atoms with van der Waals surface area (Å²) in [6, 6.07) is 1.91. The van der Waals surface area contributed by atoms with Crippen LogP contribution in [0.4, 0.5) is 5.82 Å². The topological polar surface area (TPSA) is 55.3 Å². The third-order valence-corrected chi connectivity index (χ3v) is 4.28. The number of nitrogens with zero attached hydrogens (tertiary/aromatic N) is 3. The van der Waals surface area contributed by atoms with Crippen molar-refractivity contribution in [1.82, 2.24) is 9.97 Å². The van der Waals surface area contributed by atoms with Crippen LogP contribution in [0.1, 0.15) is 4.88 Å². The SMILES string of the molecule is O=CCc1cc2nc(Cl)nc(N3CCOCC3)c2s1. The van der Waals surface area contributed by atoms with Crippen LogP contribution in [-0.2, 0) is 16.0 Å². The lowest BCUT2D eigenvalue weighted by molar-refractivity contribution is -0.107. The molecule has 2 aromatic heterocycles. The molecule has 1 aliphatic heterocycles. The van der Waals surface area contributed by atoms with E-state index in [1.165, 1.54) is 0 Å². The van der Waals surface area contributed by atoms with Crippen LogP contribution in [0.3, 0.4) is 0 Å². The summed E-state index contributed by atoms with van der Waals surface area (Å²) in [4.78, 5) is 22.3. The summed E-state index contributed by atoms with van der Waals surface area (Å²) >= 11 is 7.54. The van der Waals surface area contributed by atoms with Gasteiger partial charge in [-0.25, -0.2) is 4.98 Å². The molecule has 0 saturated carbocycles. The summed E-state index contributed by atoms with van der Waals surface area (Å²) < 4.78 is 6.34. The molecule has 0 N–H and O–H groups in total. The zero-order valence-electron chi connectivity index (χ0n) is 10.1. The van der Waals surface area contributed by atoms with Crippen molar-refractivity contribution in [1.29, 1.82) is 0 Å². The van der Waals surface area contributed by atoms with Crippen LogP contribution in [0, 0.1) is 0 Å². The number of aldehydes is 1. The van der Waals surface area contributed by atoms with E-state index in [0.717, 1.165) is 40.3 Å². The normalized spacial score (nSPS) is 15.9. The summed E-state index contributed by atoms with van der Waals surface area (Å²) in [5.74, 6) is 0.848. The van der Waals surface area contributed by atoms with E-state index in [1.54, 1.807) is 11.3 Å². The fourth-order valence-corrected chi connectivity index (χ4v) is 3.34. The van der Waals surface area contributed by atoms with Crippen LogP contribution < -0.4 is 4.90 Å². The van der Waals surface area contributed by atoms with E-state index in [2.05, 4.69) is 14.9 Å². The van der Waals surface area contributed by atoms with Crippen molar-refractivity contribution in [3.8, 4) is 0 Å². The molecule has 0 radical (unpaired) electrons. The number of thiophene rings is 1. The lowest BCUT2D eigenvalue weighted by Crippen LogP contribution is -2.36. The van der Waals surface area contributed by atoms with Crippen LogP contribution in [0.25, 0.3) is 10.2 Å². The first-order chi connectivity index (χ1) is 9.28. The van der Waals surface area contributed by atoms with Crippen molar-refractivity contribution in [2.24, 2.45) is 0 Å². The van der Waals surface area contributed by atoms with Crippen molar-refractivity contribution >= 4 is 45.3 Å². The third-order valence-electron chi connectivity index (χ3n) is 2.97. The first-order valence-corrected chi connectivity index (χ1v) is 7.19. The second-order valence-corrected chi connectivity index (χ2v) is 5.69. The molecule has 2 aromatic rings. The smallest absolute Gasteiger partial charge is 0.224 e. The van der Waals surface area contributed by atoms with Crippen molar-refractivity contribution in [3.05, 3.63) is 16.2 Å². The molecule has 0 aromatic carbocycles. The summed E-state index contributed by atoms with van der Waals surface area (Å²) in [6.45, 7) is 2.97. The highest BCUT2D eigenvalue weighted by molar-refractivity contribution is 7.19. The van der Waals surface area contributed by atoms with Crippen LogP contribution in [-0.4, -0.2) is 42.6 Å². The molecule has 0 amide bonds. The Kier molecular flexibility index (Phi) is 3.63. The van der Waals surface area contributed by atoms with E-state index in [9.17, 15) is 4.79 Å². The highest BCUT2D eigenvalue weighted by atomic mass is 35.5. The monoisotopic (exact) mass is 297 g/mol. The Balaban J connectivity index is 2.07. The molecule has 0 atom stereocenters. The molecule has 3 rings (SSSR count). The first kappa shape index (κ1) is 12.8. The van der Waals surface area contributed by atoms with Gasteiger partial charge in [0.15, 0.2) is 5.82 Å². The molecule has 1 aliphatic rings. The van der Waals surface area contributed by atoms with E-state index in [-0.39, 0.29) is 5.28 Å². The summed E-state index contributed by atoms with van der Waals surface area (Å²) in [7, 11) is 0.